The summed E-state index contributed by atoms with van der Waals surface area (Å²) >= 11 is 0. The molecule has 0 radical (unpaired) electrons. The van der Waals surface area contributed by atoms with Gasteiger partial charge >= 0.3 is 0 Å². The van der Waals surface area contributed by atoms with Crippen molar-refractivity contribution in [1.29, 1.82) is 0 Å². The third-order valence-corrected chi connectivity index (χ3v) is 5.55. The van der Waals surface area contributed by atoms with E-state index >= 15 is 0 Å². The fourth-order valence-electron chi connectivity index (χ4n) is 3.91. The second-order valence-corrected chi connectivity index (χ2v) is 7.59. The Balaban J connectivity index is 1.21. The van der Waals surface area contributed by atoms with Crippen molar-refractivity contribution >= 4 is 28.5 Å². The predicted octanol–water partition coefficient (Wildman–Crippen LogP) is 3.52. The van der Waals surface area contributed by atoms with E-state index in [4.69, 9.17) is 0 Å². The van der Waals surface area contributed by atoms with Crippen LogP contribution < -0.4 is 15.5 Å². The van der Waals surface area contributed by atoms with E-state index in [-0.39, 0.29) is 5.91 Å². The number of para-hydroxylation sites is 1. The molecule has 2 N–H and O–H groups in total. The van der Waals surface area contributed by atoms with Crippen molar-refractivity contribution in [3.05, 3.63) is 66.4 Å². The lowest BCUT2D eigenvalue weighted by molar-refractivity contribution is -0.117. The van der Waals surface area contributed by atoms with E-state index in [1.165, 1.54) is 10.9 Å². The molecule has 1 saturated heterocycles. The van der Waals surface area contributed by atoms with Gasteiger partial charge in [0.05, 0.1) is 0 Å². The lowest BCUT2D eigenvalue weighted by Gasteiger charge is -2.16. The van der Waals surface area contributed by atoms with Crippen LogP contribution in [0, 0.1) is 0 Å². The largest absolute Gasteiger partial charge is 0.356 e. The Labute approximate surface area is 177 Å². The number of nitrogens with one attached hydrogen (secondary N) is 2. The normalized spacial score (nSPS) is 14.5. The standard InChI is InChI=1S/C24H29N5O/c1-25-24(26-14-5-15-28-17-13-20-6-2-3-7-22(20)28)27-18-19-9-11-21(12-10-19)29-16-4-8-23(29)30/h2-3,6-7,9-13,17H,4-5,8,14-16,18H2,1H3,(H2,25,26,27). The van der Waals surface area contributed by atoms with E-state index in [1.54, 1.807) is 7.05 Å². The number of nitrogens with zero attached hydrogens (tertiary/aromatic N) is 3. The van der Waals surface area contributed by atoms with E-state index in [9.17, 15) is 4.79 Å². The number of aryl methyl sites for hydroxylation is 1. The van der Waals surface area contributed by atoms with Gasteiger partial charge in [0.15, 0.2) is 5.96 Å². The minimum absolute atomic E-state index is 0.221. The first-order valence-electron chi connectivity index (χ1n) is 10.6. The van der Waals surface area contributed by atoms with Gasteiger partial charge in [0.25, 0.3) is 0 Å². The van der Waals surface area contributed by atoms with Crippen LogP contribution in [0.1, 0.15) is 24.8 Å². The molecule has 0 spiro atoms. The fourth-order valence-corrected chi connectivity index (χ4v) is 3.91. The van der Waals surface area contributed by atoms with Crippen LogP contribution in [0.2, 0.25) is 0 Å². The number of carbonyl (C=O) groups is 1. The van der Waals surface area contributed by atoms with Crippen LogP contribution in [-0.2, 0) is 17.9 Å². The third-order valence-electron chi connectivity index (χ3n) is 5.55. The number of fused-ring (bicyclic) bond motifs is 1. The van der Waals surface area contributed by atoms with Crippen molar-refractivity contribution in [2.75, 3.05) is 25.0 Å². The van der Waals surface area contributed by atoms with Gasteiger partial charge < -0.3 is 20.1 Å². The minimum Gasteiger partial charge on any atom is -0.356 e. The van der Waals surface area contributed by atoms with Crippen LogP contribution in [-0.4, -0.2) is 36.6 Å². The van der Waals surface area contributed by atoms with Crippen LogP contribution in [0.5, 0.6) is 0 Å². The van der Waals surface area contributed by atoms with Gasteiger partial charge in [-0.25, -0.2) is 0 Å². The Morgan fingerprint density at radius 2 is 1.90 bits per heavy atom. The second kappa shape index (κ2) is 9.48. The maximum Gasteiger partial charge on any atom is 0.227 e. The Morgan fingerprint density at radius 1 is 1.07 bits per heavy atom. The highest BCUT2D eigenvalue weighted by Gasteiger charge is 2.21. The molecule has 0 unspecified atom stereocenters. The number of aliphatic imine (C=N–C) groups is 1. The molecule has 30 heavy (non-hydrogen) atoms. The molecule has 6 nitrogen and oxygen atoms in total. The van der Waals surface area contributed by atoms with Gasteiger partial charge in [-0.3, -0.25) is 9.79 Å². The molecule has 1 amide bonds. The first-order chi connectivity index (χ1) is 14.7. The molecular weight excluding hydrogens is 374 g/mol. The zero-order valence-electron chi connectivity index (χ0n) is 17.5. The summed E-state index contributed by atoms with van der Waals surface area (Å²) < 4.78 is 2.29. The van der Waals surface area contributed by atoms with Gasteiger partial charge in [0, 0.05) is 57.0 Å². The molecule has 3 aromatic rings. The maximum absolute atomic E-state index is 11.9. The van der Waals surface area contributed by atoms with Crippen molar-refractivity contribution in [1.82, 2.24) is 15.2 Å². The third kappa shape index (κ3) is 4.64. The number of rotatable bonds is 7. The first-order valence-corrected chi connectivity index (χ1v) is 10.6. The zero-order chi connectivity index (χ0) is 20.8. The Bertz CT molecular complexity index is 1020. The van der Waals surface area contributed by atoms with Gasteiger partial charge in [-0.1, -0.05) is 30.3 Å². The van der Waals surface area contributed by atoms with Crippen molar-refractivity contribution in [2.24, 2.45) is 4.99 Å². The quantitative estimate of drug-likeness (QED) is 0.360. The molecule has 1 aliphatic rings. The van der Waals surface area contributed by atoms with Crippen LogP contribution in [0.3, 0.4) is 0 Å². The predicted molar refractivity (Wildman–Crippen MR) is 123 cm³/mol. The molecule has 2 aromatic carbocycles. The molecule has 0 aliphatic carbocycles. The number of hydrogen-bond donors (Lipinski definition) is 2. The molecule has 2 heterocycles. The number of benzene rings is 2. The van der Waals surface area contributed by atoms with Gasteiger partial charge in [0.2, 0.25) is 5.91 Å². The van der Waals surface area contributed by atoms with E-state index in [0.29, 0.717) is 13.0 Å². The highest BCUT2D eigenvalue weighted by atomic mass is 16.2. The lowest BCUT2D eigenvalue weighted by atomic mass is 10.2. The molecular formula is C24H29N5O. The first kappa shape index (κ1) is 20.0. The Kier molecular flexibility index (Phi) is 6.32. The summed E-state index contributed by atoms with van der Waals surface area (Å²) in [6.07, 6.45) is 4.77. The summed E-state index contributed by atoms with van der Waals surface area (Å²) in [5.74, 6) is 1.02. The SMILES string of the molecule is CN=C(NCCCn1ccc2ccccc21)NCc1ccc(N2CCCC2=O)cc1. The van der Waals surface area contributed by atoms with Gasteiger partial charge in [-0.05, 0) is 48.1 Å². The molecule has 0 atom stereocenters. The lowest BCUT2D eigenvalue weighted by Crippen LogP contribution is -2.37. The van der Waals surface area contributed by atoms with Crippen molar-refractivity contribution in [2.45, 2.75) is 32.4 Å². The van der Waals surface area contributed by atoms with E-state index < -0.39 is 0 Å². The Morgan fingerprint density at radius 3 is 2.67 bits per heavy atom. The molecule has 1 aromatic heterocycles. The number of anilines is 1. The summed E-state index contributed by atoms with van der Waals surface area (Å²) in [4.78, 5) is 18.0. The molecule has 6 heteroatoms. The fraction of sp³-hybridized carbons (Fsp3) is 0.333. The molecule has 0 saturated carbocycles. The summed E-state index contributed by atoms with van der Waals surface area (Å²) in [6, 6.07) is 18.8. The van der Waals surface area contributed by atoms with Gasteiger partial charge in [-0.15, -0.1) is 0 Å². The van der Waals surface area contributed by atoms with Crippen molar-refractivity contribution < 1.29 is 4.79 Å². The number of amides is 1. The molecule has 156 valence electrons. The summed E-state index contributed by atoms with van der Waals surface area (Å²) in [7, 11) is 1.79. The number of aromatic nitrogens is 1. The van der Waals surface area contributed by atoms with Crippen molar-refractivity contribution in [3.63, 3.8) is 0 Å². The molecule has 1 fully saturated rings. The van der Waals surface area contributed by atoms with Gasteiger partial charge in [0.1, 0.15) is 0 Å². The topological polar surface area (TPSA) is 61.7 Å². The van der Waals surface area contributed by atoms with E-state index in [2.05, 4.69) is 68.9 Å². The number of hydrogen-bond acceptors (Lipinski definition) is 2. The van der Waals surface area contributed by atoms with Crippen LogP contribution >= 0.6 is 0 Å². The van der Waals surface area contributed by atoms with E-state index in [0.717, 1.165) is 49.7 Å². The monoisotopic (exact) mass is 403 g/mol. The Hall–Kier alpha value is -3.28. The summed E-state index contributed by atoms with van der Waals surface area (Å²) in [5, 5.41) is 8.02. The molecule has 4 rings (SSSR count). The maximum atomic E-state index is 11.9. The van der Waals surface area contributed by atoms with E-state index in [1.807, 2.05) is 17.0 Å². The summed E-state index contributed by atoms with van der Waals surface area (Å²) in [5.41, 5.74) is 3.42. The number of carbonyl (C=O) groups excluding carboxylic acids is 1. The highest BCUT2D eigenvalue weighted by Crippen LogP contribution is 2.21. The molecule has 0 bridgehead atoms. The zero-order valence-corrected chi connectivity index (χ0v) is 17.5. The molecule has 1 aliphatic heterocycles. The van der Waals surface area contributed by atoms with Crippen LogP contribution in [0.4, 0.5) is 5.69 Å². The minimum atomic E-state index is 0.221. The van der Waals surface area contributed by atoms with Gasteiger partial charge in [-0.2, -0.15) is 0 Å². The average Bonchev–Trinajstić information content (AvgIpc) is 3.40. The van der Waals surface area contributed by atoms with Crippen LogP contribution in [0.15, 0.2) is 65.8 Å². The summed E-state index contributed by atoms with van der Waals surface area (Å²) in [6.45, 7) is 3.33. The van der Waals surface area contributed by atoms with Crippen molar-refractivity contribution in [3.8, 4) is 0 Å². The second-order valence-electron chi connectivity index (χ2n) is 7.59. The smallest absolute Gasteiger partial charge is 0.227 e. The van der Waals surface area contributed by atoms with Crippen LogP contribution in [0.25, 0.3) is 10.9 Å². The number of guanidine groups is 1. The average molecular weight is 404 g/mol. The highest BCUT2D eigenvalue weighted by molar-refractivity contribution is 5.95.